The summed E-state index contributed by atoms with van der Waals surface area (Å²) < 4.78 is 5.74. The molecule has 5 heteroatoms. The van der Waals surface area contributed by atoms with Gasteiger partial charge in [0.1, 0.15) is 11.8 Å². The van der Waals surface area contributed by atoms with Gasteiger partial charge in [0.2, 0.25) is 11.8 Å². The molecule has 1 atom stereocenters. The first-order valence-electron chi connectivity index (χ1n) is 11.3. The number of benzene rings is 2. The Labute approximate surface area is 186 Å². The van der Waals surface area contributed by atoms with Gasteiger partial charge in [0.05, 0.1) is 6.61 Å². The summed E-state index contributed by atoms with van der Waals surface area (Å²) in [6.07, 6.45) is 3.64. The van der Waals surface area contributed by atoms with E-state index in [4.69, 9.17) is 4.74 Å². The highest BCUT2D eigenvalue weighted by Gasteiger charge is 2.25. The minimum atomic E-state index is -0.494. The monoisotopic (exact) mass is 424 g/mol. The number of nitrogens with one attached hydrogen (secondary N) is 1. The summed E-state index contributed by atoms with van der Waals surface area (Å²) in [5.74, 6) is 0.704. The van der Waals surface area contributed by atoms with Gasteiger partial charge in [0, 0.05) is 19.5 Å². The van der Waals surface area contributed by atoms with E-state index in [9.17, 15) is 9.59 Å². The molecule has 0 radical (unpaired) electrons. The number of carbonyl (C=O) groups is 2. The van der Waals surface area contributed by atoms with E-state index >= 15 is 0 Å². The molecule has 0 spiro atoms. The molecule has 5 nitrogen and oxygen atoms in total. The van der Waals surface area contributed by atoms with Gasteiger partial charge in [0.25, 0.3) is 0 Å². The van der Waals surface area contributed by atoms with Crippen molar-refractivity contribution in [2.45, 2.75) is 58.9 Å². The van der Waals surface area contributed by atoms with Crippen LogP contribution < -0.4 is 10.1 Å². The molecule has 2 rings (SSSR count). The first kappa shape index (κ1) is 24.4. The second-order valence-electron chi connectivity index (χ2n) is 7.91. The van der Waals surface area contributed by atoms with Gasteiger partial charge >= 0.3 is 0 Å². The van der Waals surface area contributed by atoms with E-state index in [0.29, 0.717) is 32.5 Å². The Bertz CT molecular complexity index is 790. The molecule has 0 fully saturated rings. The lowest BCUT2D eigenvalue weighted by atomic mass is 10.1. The third-order valence-electron chi connectivity index (χ3n) is 5.31. The minimum absolute atomic E-state index is 0.0124. The van der Waals surface area contributed by atoms with E-state index < -0.39 is 6.04 Å². The van der Waals surface area contributed by atoms with Crippen LogP contribution in [0.2, 0.25) is 0 Å². The summed E-state index contributed by atoms with van der Waals surface area (Å²) in [5.41, 5.74) is 2.34. The predicted octanol–water partition coefficient (Wildman–Crippen LogP) is 4.53. The first-order valence-corrected chi connectivity index (χ1v) is 11.3. The summed E-state index contributed by atoms with van der Waals surface area (Å²) in [6.45, 7) is 7.57. The summed E-state index contributed by atoms with van der Waals surface area (Å²) in [4.78, 5) is 27.3. The molecule has 2 aromatic rings. The van der Waals surface area contributed by atoms with Gasteiger partial charge in [-0.2, -0.15) is 0 Å². The Morgan fingerprint density at radius 3 is 2.42 bits per heavy atom. The van der Waals surface area contributed by atoms with Crippen molar-refractivity contribution in [1.29, 1.82) is 0 Å². The standard InChI is InChI=1S/C26H36N2O3/c1-4-5-18-27-26(30)22(3)28(19-17-23-10-7-6-8-11-23)25(29)12-9-20-31-24-15-13-21(2)14-16-24/h6-8,10-11,13-16,22H,4-5,9,12,17-20H2,1-3H3,(H,27,30)/t22-/m1/s1. The molecule has 0 bridgehead atoms. The van der Waals surface area contributed by atoms with Crippen molar-refractivity contribution in [3.8, 4) is 5.75 Å². The Balaban J connectivity index is 1.90. The van der Waals surface area contributed by atoms with Crippen LogP contribution in [0.4, 0.5) is 0 Å². The molecule has 2 amide bonds. The fourth-order valence-electron chi connectivity index (χ4n) is 3.30. The van der Waals surface area contributed by atoms with Gasteiger partial charge in [-0.1, -0.05) is 61.4 Å². The summed E-state index contributed by atoms with van der Waals surface area (Å²) in [7, 11) is 0. The number of ether oxygens (including phenoxy) is 1. The van der Waals surface area contributed by atoms with Gasteiger partial charge in [-0.15, -0.1) is 0 Å². The molecule has 168 valence electrons. The van der Waals surface area contributed by atoms with Crippen molar-refractivity contribution >= 4 is 11.8 Å². The molecule has 0 saturated carbocycles. The summed E-state index contributed by atoms with van der Waals surface area (Å²) in [6, 6.07) is 17.4. The Kier molecular flexibility index (Phi) is 10.6. The Morgan fingerprint density at radius 1 is 1.03 bits per heavy atom. The van der Waals surface area contributed by atoms with E-state index in [1.807, 2.05) is 68.4 Å². The number of amides is 2. The highest BCUT2D eigenvalue weighted by molar-refractivity contribution is 5.87. The maximum atomic E-state index is 13.0. The van der Waals surface area contributed by atoms with Crippen molar-refractivity contribution in [3.63, 3.8) is 0 Å². The van der Waals surface area contributed by atoms with E-state index in [-0.39, 0.29) is 11.8 Å². The van der Waals surface area contributed by atoms with Gasteiger partial charge < -0.3 is 15.0 Å². The SMILES string of the molecule is CCCCNC(=O)[C@@H](C)N(CCc1ccccc1)C(=O)CCCOc1ccc(C)cc1. The Morgan fingerprint density at radius 2 is 1.74 bits per heavy atom. The van der Waals surface area contributed by atoms with Gasteiger partial charge in [-0.25, -0.2) is 0 Å². The molecule has 0 aliphatic heterocycles. The molecule has 0 aliphatic carbocycles. The third-order valence-corrected chi connectivity index (χ3v) is 5.31. The zero-order valence-electron chi connectivity index (χ0n) is 19.1. The lowest BCUT2D eigenvalue weighted by molar-refractivity contribution is -0.140. The van der Waals surface area contributed by atoms with Gasteiger partial charge in [-0.3, -0.25) is 9.59 Å². The molecule has 0 unspecified atom stereocenters. The van der Waals surface area contributed by atoms with Crippen molar-refractivity contribution in [2.24, 2.45) is 0 Å². The fraction of sp³-hybridized carbons (Fsp3) is 0.462. The molecular formula is C26H36N2O3. The molecule has 0 aliphatic rings. The van der Waals surface area contributed by atoms with Crippen LogP contribution in [0.15, 0.2) is 54.6 Å². The maximum Gasteiger partial charge on any atom is 0.242 e. The van der Waals surface area contributed by atoms with Crippen molar-refractivity contribution in [1.82, 2.24) is 10.2 Å². The maximum absolute atomic E-state index is 13.0. The van der Waals surface area contributed by atoms with Crippen LogP contribution >= 0.6 is 0 Å². The number of nitrogens with zero attached hydrogens (tertiary/aromatic N) is 1. The number of unbranched alkanes of at least 4 members (excludes halogenated alkanes) is 1. The zero-order valence-corrected chi connectivity index (χ0v) is 19.1. The molecule has 1 N–H and O–H groups in total. The molecule has 0 saturated heterocycles. The van der Waals surface area contributed by atoms with Crippen molar-refractivity contribution in [3.05, 3.63) is 65.7 Å². The number of carbonyl (C=O) groups excluding carboxylic acids is 2. The number of aryl methyl sites for hydroxylation is 1. The molecule has 0 aromatic heterocycles. The summed E-state index contributed by atoms with van der Waals surface area (Å²) >= 11 is 0. The normalized spacial score (nSPS) is 11.6. The van der Waals surface area contributed by atoms with Crippen LogP contribution in [0.3, 0.4) is 0 Å². The molecule has 31 heavy (non-hydrogen) atoms. The van der Waals surface area contributed by atoms with Gasteiger partial charge in [0.15, 0.2) is 0 Å². The second-order valence-corrected chi connectivity index (χ2v) is 7.91. The van der Waals surface area contributed by atoms with E-state index in [2.05, 4.69) is 12.2 Å². The first-order chi connectivity index (χ1) is 15.0. The average molecular weight is 425 g/mol. The average Bonchev–Trinajstić information content (AvgIpc) is 2.78. The number of rotatable bonds is 13. The van der Waals surface area contributed by atoms with Crippen LogP contribution in [0, 0.1) is 6.92 Å². The minimum Gasteiger partial charge on any atom is -0.494 e. The quantitative estimate of drug-likeness (QED) is 0.481. The van der Waals surface area contributed by atoms with Gasteiger partial charge in [-0.05, 0) is 50.8 Å². The highest BCUT2D eigenvalue weighted by Crippen LogP contribution is 2.13. The Hall–Kier alpha value is -2.82. The lowest BCUT2D eigenvalue weighted by Crippen LogP contribution is -2.49. The van der Waals surface area contributed by atoms with E-state index in [0.717, 1.165) is 30.6 Å². The van der Waals surface area contributed by atoms with E-state index in [1.54, 1.807) is 4.90 Å². The second kappa shape index (κ2) is 13.5. The van der Waals surface area contributed by atoms with Crippen LogP contribution in [-0.4, -0.2) is 42.5 Å². The fourth-order valence-corrected chi connectivity index (χ4v) is 3.30. The van der Waals surface area contributed by atoms with Crippen LogP contribution in [0.25, 0.3) is 0 Å². The lowest BCUT2D eigenvalue weighted by Gasteiger charge is -2.29. The van der Waals surface area contributed by atoms with Crippen LogP contribution in [-0.2, 0) is 16.0 Å². The zero-order chi connectivity index (χ0) is 22.5. The third kappa shape index (κ3) is 8.83. The van der Waals surface area contributed by atoms with Crippen LogP contribution in [0.5, 0.6) is 5.75 Å². The topological polar surface area (TPSA) is 58.6 Å². The molecule has 2 aromatic carbocycles. The highest BCUT2D eigenvalue weighted by atomic mass is 16.5. The number of hydrogen-bond acceptors (Lipinski definition) is 3. The number of hydrogen-bond donors (Lipinski definition) is 1. The van der Waals surface area contributed by atoms with Crippen molar-refractivity contribution < 1.29 is 14.3 Å². The smallest absolute Gasteiger partial charge is 0.242 e. The molecule has 0 heterocycles. The van der Waals surface area contributed by atoms with E-state index in [1.165, 1.54) is 5.56 Å². The van der Waals surface area contributed by atoms with Crippen molar-refractivity contribution in [2.75, 3.05) is 19.7 Å². The van der Waals surface area contributed by atoms with Crippen LogP contribution in [0.1, 0.15) is 50.7 Å². The molecular weight excluding hydrogens is 388 g/mol. The largest absolute Gasteiger partial charge is 0.494 e. The predicted molar refractivity (Wildman–Crippen MR) is 125 cm³/mol. The summed E-state index contributed by atoms with van der Waals surface area (Å²) in [5, 5.41) is 2.95.